The minimum Gasteiger partial charge on any atom is -0.327 e. The molecule has 0 saturated heterocycles. The van der Waals surface area contributed by atoms with Crippen LogP contribution in [-0.4, -0.2) is 21.7 Å². The molecule has 0 spiro atoms. The fourth-order valence-electron chi connectivity index (χ4n) is 2.53. The molecule has 1 aromatic heterocycles. The predicted octanol–water partition coefficient (Wildman–Crippen LogP) is 1.92. The first-order valence-corrected chi connectivity index (χ1v) is 6.69. The number of nitrogens with zero attached hydrogens (tertiary/aromatic N) is 2. The molecule has 2 rings (SSSR count). The third-order valence-electron chi connectivity index (χ3n) is 3.57. The third kappa shape index (κ3) is 2.72. The monoisotopic (exact) mass is 250 g/mol. The predicted molar refractivity (Wildman–Crippen MR) is 71.2 cm³/mol. The van der Waals surface area contributed by atoms with Crippen LogP contribution in [0.15, 0.2) is 12.3 Å². The van der Waals surface area contributed by atoms with E-state index in [2.05, 4.69) is 10.4 Å². The smallest absolute Gasteiger partial charge is 0.230 e. The van der Waals surface area contributed by atoms with Gasteiger partial charge in [-0.25, -0.2) is 4.68 Å². The number of rotatable bonds is 3. The van der Waals surface area contributed by atoms with Gasteiger partial charge in [-0.2, -0.15) is 5.10 Å². The number of nitrogens with one attached hydrogen (secondary N) is 1. The summed E-state index contributed by atoms with van der Waals surface area (Å²) in [6.07, 6.45) is 5.77. The summed E-state index contributed by atoms with van der Waals surface area (Å²) >= 11 is 0. The van der Waals surface area contributed by atoms with Crippen molar-refractivity contribution >= 4 is 11.7 Å². The second-order valence-corrected chi connectivity index (χ2v) is 5.30. The van der Waals surface area contributed by atoms with Crippen LogP contribution in [0.4, 0.5) is 5.82 Å². The van der Waals surface area contributed by atoms with Crippen molar-refractivity contribution in [3.05, 3.63) is 12.3 Å². The average molecular weight is 250 g/mol. The Bertz CT molecular complexity index is 413. The SMILES string of the molecule is CC(C)n1nccc1NC(=O)C1CCCCC1N. The summed E-state index contributed by atoms with van der Waals surface area (Å²) < 4.78 is 1.81. The molecular weight excluding hydrogens is 228 g/mol. The minimum atomic E-state index is -0.0609. The van der Waals surface area contributed by atoms with Crippen molar-refractivity contribution < 1.29 is 4.79 Å². The van der Waals surface area contributed by atoms with Gasteiger partial charge in [-0.3, -0.25) is 4.79 Å². The first-order valence-electron chi connectivity index (χ1n) is 6.69. The Morgan fingerprint density at radius 3 is 2.89 bits per heavy atom. The van der Waals surface area contributed by atoms with Crippen LogP contribution >= 0.6 is 0 Å². The topological polar surface area (TPSA) is 72.9 Å². The summed E-state index contributed by atoms with van der Waals surface area (Å²) in [4.78, 5) is 12.2. The Labute approximate surface area is 108 Å². The number of aromatic nitrogens is 2. The highest BCUT2D eigenvalue weighted by Crippen LogP contribution is 2.24. The van der Waals surface area contributed by atoms with Gasteiger partial charge in [-0.05, 0) is 26.7 Å². The van der Waals surface area contributed by atoms with E-state index in [1.807, 2.05) is 24.6 Å². The van der Waals surface area contributed by atoms with Crippen LogP contribution in [0.25, 0.3) is 0 Å². The van der Waals surface area contributed by atoms with Crippen LogP contribution in [-0.2, 0) is 4.79 Å². The lowest BCUT2D eigenvalue weighted by Gasteiger charge is -2.27. The highest BCUT2D eigenvalue weighted by atomic mass is 16.2. The lowest BCUT2D eigenvalue weighted by molar-refractivity contribution is -0.121. The molecular formula is C13H22N4O. The summed E-state index contributed by atoms with van der Waals surface area (Å²) in [6, 6.07) is 2.05. The largest absolute Gasteiger partial charge is 0.327 e. The molecule has 1 amide bonds. The van der Waals surface area contributed by atoms with Crippen LogP contribution in [0.2, 0.25) is 0 Å². The maximum absolute atomic E-state index is 12.2. The Balaban J connectivity index is 2.04. The molecule has 1 saturated carbocycles. The lowest BCUT2D eigenvalue weighted by Crippen LogP contribution is -2.41. The molecule has 0 aliphatic heterocycles. The van der Waals surface area contributed by atoms with Gasteiger partial charge in [-0.1, -0.05) is 12.8 Å². The molecule has 0 bridgehead atoms. The number of nitrogens with two attached hydrogens (primary N) is 1. The second-order valence-electron chi connectivity index (χ2n) is 5.30. The standard InChI is InChI=1S/C13H22N4O/c1-9(2)17-12(7-8-15-17)16-13(18)10-5-3-4-6-11(10)14/h7-11H,3-6,14H2,1-2H3,(H,16,18). The van der Waals surface area contributed by atoms with E-state index in [-0.39, 0.29) is 23.9 Å². The zero-order valence-electron chi connectivity index (χ0n) is 11.1. The van der Waals surface area contributed by atoms with Gasteiger partial charge < -0.3 is 11.1 Å². The number of carbonyl (C=O) groups excluding carboxylic acids is 1. The molecule has 5 nitrogen and oxygen atoms in total. The summed E-state index contributed by atoms with van der Waals surface area (Å²) in [5.74, 6) is 0.728. The number of anilines is 1. The molecule has 3 N–H and O–H groups in total. The van der Waals surface area contributed by atoms with E-state index in [0.717, 1.165) is 31.5 Å². The summed E-state index contributed by atoms with van der Waals surface area (Å²) in [5.41, 5.74) is 6.02. The first kappa shape index (κ1) is 13.1. The van der Waals surface area contributed by atoms with Gasteiger partial charge in [0.05, 0.1) is 12.1 Å². The molecule has 1 aromatic rings. The van der Waals surface area contributed by atoms with Crippen molar-refractivity contribution in [1.29, 1.82) is 0 Å². The van der Waals surface area contributed by atoms with Crippen LogP contribution in [0.5, 0.6) is 0 Å². The number of hydrogen-bond acceptors (Lipinski definition) is 3. The van der Waals surface area contributed by atoms with Crippen molar-refractivity contribution in [2.24, 2.45) is 11.7 Å². The van der Waals surface area contributed by atoms with Crippen molar-refractivity contribution in [3.8, 4) is 0 Å². The van der Waals surface area contributed by atoms with Gasteiger partial charge in [0, 0.05) is 18.2 Å². The highest BCUT2D eigenvalue weighted by Gasteiger charge is 2.28. The fourth-order valence-corrected chi connectivity index (χ4v) is 2.53. The Morgan fingerprint density at radius 2 is 2.22 bits per heavy atom. The maximum atomic E-state index is 12.2. The van der Waals surface area contributed by atoms with Gasteiger partial charge in [-0.15, -0.1) is 0 Å². The summed E-state index contributed by atoms with van der Waals surface area (Å²) in [5, 5.41) is 7.16. The normalized spacial score (nSPS) is 24.2. The van der Waals surface area contributed by atoms with E-state index in [9.17, 15) is 4.79 Å². The quantitative estimate of drug-likeness (QED) is 0.860. The van der Waals surface area contributed by atoms with Crippen LogP contribution in [0.3, 0.4) is 0 Å². The van der Waals surface area contributed by atoms with E-state index in [0.29, 0.717) is 0 Å². The first-order chi connectivity index (χ1) is 8.59. The van der Waals surface area contributed by atoms with Crippen molar-refractivity contribution in [3.63, 3.8) is 0 Å². The van der Waals surface area contributed by atoms with E-state index >= 15 is 0 Å². The van der Waals surface area contributed by atoms with Gasteiger partial charge in [0.25, 0.3) is 0 Å². The molecule has 1 fully saturated rings. The average Bonchev–Trinajstić information content (AvgIpc) is 2.77. The zero-order chi connectivity index (χ0) is 13.1. The molecule has 0 aromatic carbocycles. The summed E-state index contributed by atoms with van der Waals surface area (Å²) in [6.45, 7) is 4.07. The van der Waals surface area contributed by atoms with E-state index < -0.39 is 0 Å². The molecule has 5 heteroatoms. The van der Waals surface area contributed by atoms with Gasteiger partial charge >= 0.3 is 0 Å². The Hall–Kier alpha value is -1.36. The molecule has 1 aliphatic rings. The molecule has 100 valence electrons. The van der Waals surface area contributed by atoms with Gasteiger partial charge in [0.15, 0.2) is 0 Å². The van der Waals surface area contributed by atoms with Crippen molar-refractivity contribution in [2.45, 2.75) is 51.6 Å². The van der Waals surface area contributed by atoms with Crippen molar-refractivity contribution in [2.75, 3.05) is 5.32 Å². The molecule has 2 atom stereocenters. The second kappa shape index (κ2) is 5.52. The van der Waals surface area contributed by atoms with E-state index in [1.54, 1.807) is 6.20 Å². The van der Waals surface area contributed by atoms with Gasteiger partial charge in [0.2, 0.25) is 5.91 Å². The van der Waals surface area contributed by atoms with Crippen LogP contribution in [0.1, 0.15) is 45.6 Å². The lowest BCUT2D eigenvalue weighted by atomic mass is 9.84. The number of hydrogen-bond donors (Lipinski definition) is 2. The summed E-state index contributed by atoms with van der Waals surface area (Å²) in [7, 11) is 0. The minimum absolute atomic E-state index is 0.00540. The molecule has 18 heavy (non-hydrogen) atoms. The highest BCUT2D eigenvalue weighted by molar-refractivity contribution is 5.92. The molecule has 2 unspecified atom stereocenters. The van der Waals surface area contributed by atoms with E-state index in [4.69, 9.17) is 5.73 Å². The molecule has 0 radical (unpaired) electrons. The van der Waals surface area contributed by atoms with Crippen LogP contribution < -0.4 is 11.1 Å². The third-order valence-corrected chi connectivity index (χ3v) is 3.57. The zero-order valence-corrected chi connectivity index (χ0v) is 11.1. The van der Waals surface area contributed by atoms with Crippen LogP contribution in [0, 0.1) is 5.92 Å². The Kier molecular flexibility index (Phi) is 4.01. The van der Waals surface area contributed by atoms with Crippen molar-refractivity contribution in [1.82, 2.24) is 9.78 Å². The molecule has 1 heterocycles. The molecule has 1 aliphatic carbocycles. The Morgan fingerprint density at radius 1 is 1.50 bits per heavy atom. The number of carbonyl (C=O) groups is 1. The van der Waals surface area contributed by atoms with E-state index in [1.165, 1.54) is 0 Å². The maximum Gasteiger partial charge on any atom is 0.230 e. The number of amides is 1. The van der Waals surface area contributed by atoms with Gasteiger partial charge in [0.1, 0.15) is 5.82 Å². The fraction of sp³-hybridized carbons (Fsp3) is 0.692.